The average molecular weight is 238 g/mol. The third kappa shape index (κ3) is 2.52. The highest BCUT2D eigenvalue weighted by molar-refractivity contribution is 5.86. The number of benzene rings is 2. The molecule has 0 fully saturated rings. The molecule has 0 saturated heterocycles. The molecule has 0 aromatic heterocycles. The third-order valence-electron chi connectivity index (χ3n) is 3.06. The van der Waals surface area contributed by atoms with Crippen LogP contribution in [0.15, 0.2) is 42.5 Å². The van der Waals surface area contributed by atoms with Crippen LogP contribution >= 0.6 is 0 Å². The lowest BCUT2D eigenvalue weighted by Crippen LogP contribution is -2.16. The minimum absolute atomic E-state index is 0.262. The molecule has 1 unspecified atom stereocenters. The maximum Gasteiger partial charge on any atom is 0.307 e. The first kappa shape index (κ1) is 12.2. The van der Waals surface area contributed by atoms with E-state index < -0.39 is 11.9 Å². The molecule has 0 bridgehead atoms. The van der Waals surface area contributed by atoms with Gasteiger partial charge in [-0.25, -0.2) is 0 Å². The molecule has 2 rings (SSSR count). The van der Waals surface area contributed by atoms with Gasteiger partial charge >= 0.3 is 5.97 Å². The van der Waals surface area contributed by atoms with Crippen LogP contribution in [0.5, 0.6) is 0 Å². The molecule has 0 saturated carbocycles. The summed E-state index contributed by atoms with van der Waals surface area (Å²) in [4.78, 5) is 11.1. The quantitative estimate of drug-likeness (QED) is 0.831. The molecule has 0 radical (unpaired) electrons. The van der Waals surface area contributed by atoms with E-state index in [0.717, 1.165) is 16.3 Å². The van der Waals surface area contributed by atoms with Gasteiger partial charge in [-0.05, 0) is 22.8 Å². The van der Waals surface area contributed by atoms with Crippen molar-refractivity contribution in [3.63, 3.8) is 0 Å². The Kier molecular flexibility index (Phi) is 3.64. The smallest absolute Gasteiger partial charge is 0.307 e. The summed E-state index contributed by atoms with van der Waals surface area (Å²) >= 11 is 0. The Bertz CT molecular complexity index is 603. The lowest BCUT2D eigenvalue weighted by atomic mass is 9.93. The van der Waals surface area contributed by atoms with Crippen molar-refractivity contribution in [1.82, 2.24) is 0 Å². The standard InChI is InChI=1S/C16H14O2/c1-2-6-14(16(17)18)11-13-9-5-8-12-7-3-4-10-15(12)13/h1,3-5,7-10,14H,6,11H2,(H,17,18). The van der Waals surface area contributed by atoms with Gasteiger partial charge in [-0.2, -0.15) is 0 Å². The van der Waals surface area contributed by atoms with Gasteiger partial charge in [-0.3, -0.25) is 4.79 Å². The highest BCUT2D eigenvalue weighted by atomic mass is 16.4. The molecule has 90 valence electrons. The summed E-state index contributed by atoms with van der Waals surface area (Å²) in [5.74, 6) is 1.09. The molecule has 0 aliphatic carbocycles. The fourth-order valence-electron chi connectivity index (χ4n) is 2.12. The van der Waals surface area contributed by atoms with Crippen LogP contribution in [0.1, 0.15) is 12.0 Å². The number of rotatable bonds is 4. The lowest BCUT2D eigenvalue weighted by Gasteiger charge is -2.11. The van der Waals surface area contributed by atoms with Gasteiger partial charge in [0.2, 0.25) is 0 Å². The average Bonchev–Trinajstić information content (AvgIpc) is 2.38. The zero-order chi connectivity index (χ0) is 13.0. The zero-order valence-corrected chi connectivity index (χ0v) is 9.97. The van der Waals surface area contributed by atoms with E-state index in [1.807, 2.05) is 42.5 Å². The fourth-order valence-corrected chi connectivity index (χ4v) is 2.12. The van der Waals surface area contributed by atoms with Crippen LogP contribution in [0.3, 0.4) is 0 Å². The highest BCUT2D eigenvalue weighted by Gasteiger charge is 2.17. The van der Waals surface area contributed by atoms with Gasteiger partial charge in [0.15, 0.2) is 0 Å². The maximum atomic E-state index is 11.1. The van der Waals surface area contributed by atoms with E-state index in [1.165, 1.54) is 0 Å². The zero-order valence-electron chi connectivity index (χ0n) is 9.97. The van der Waals surface area contributed by atoms with E-state index in [-0.39, 0.29) is 6.42 Å². The summed E-state index contributed by atoms with van der Waals surface area (Å²) < 4.78 is 0. The van der Waals surface area contributed by atoms with E-state index in [2.05, 4.69) is 5.92 Å². The van der Waals surface area contributed by atoms with Gasteiger partial charge in [-0.1, -0.05) is 42.5 Å². The molecular formula is C16H14O2. The monoisotopic (exact) mass is 238 g/mol. The van der Waals surface area contributed by atoms with Gasteiger partial charge in [0.25, 0.3) is 0 Å². The topological polar surface area (TPSA) is 37.3 Å². The number of fused-ring (bicyclic) bond motifs is 1. The van der Waals surface area contributed by atoms with Crippen LogP contribution in [-0.2, 0) is 11.2 Å². The molecule has 18 heavy (non-hydrogen) atoms. The van der Waals surface area contributed by atoms with Crippen LogP contribution in [0.2, 0.25) is 0 Å². The van der Waals surface area contributed by atoms with Crippen LogP contribution in [0.4, 0.5) is 0 Å². The summed E-state index contributed by atoms with van der Waals surface area (Å²) in [6, 6.07) is 13.9. The minimum Gasteiger partial charge on any atom is -0.481 e. The summed E-state index contributed by atoms with van der Waals surface area (Å²) in [5.41, 5.74) is 1.04. The molecular weight excluding hydrogens is 224 g/mol. The van der Waals surface area contributed by atoms with Crippen molar-refractivity contribution in [2.24, 2.45) is 5.92 Å². The Morgan fingerprint density at radius 1 is 1.22 bits per heavy atom. The first-order valence-corrected chi connectivity index (χ1v) is 5.85. The van der Waals surface area contributed by atoms with Crippen molar-refractivity contribution in [3.05, 3.63) is 48.0 Å². The molecule has 2 nitrogen and oxygen atoms in total. The number of aliphatic carboxylic acids is 1. The number of terminal acetylenes is 1. The van der Waals surface area contributed by atoms with E-state index in [9.17, 15) is 4.79 Å². The molecule has 2 aromatic carbocycles. The lowest BCUT2D eigenvalue weighted by molar-refractivity contribution is -0.141. The van der Waals surface area contributed by atoms with Gasteiger partial charge in [0.05, 0.1) is 5.92 Å². The number of carboxylic acids is 1. The Balaban J connectivity index is 2.36. The van der Waals surface area contributed by atoms with Crippen molar-refractivity contribution in [2.75, 3.05) is 0 Å². The minimum atomic E-state index is -0.833. The summed E-state index contributed by atoms with van der Waals surface area (Å²) in [6.07, 6.45) is 5.96. The van der Waals surface area contributed by atoms with Crippen LogP contribution in [0.25, 0.3) is 10.8 Å². The van der Waals surface area contributed by atoms with Gasteiger partial charge in [-0.15, -0.1) is 12.3 Å². The normalized spacial score (nSPS) is 11.9. The molecule has 2 aromatic rings. The van der Waals surface area contributed by atoms with Crippen LogP contribution in [0, 0.1) is 18.3 Å². The second kappa shape index (κ2) is 5.37. The second-order valence-corrected chi connectivity index (χ2v) is 4.29. The van der Waals surface area contributed by atoms with Crippen LogP contribution in [-0.4, -0.2) is 11.1 Å². The maximum absolute atomic E-state index is 11.1. The Morgan fingerprint density at radius 2 is 1.94 bits per heavy atom. The van der Waals surface area contributed by atoms with E-state index in [0.29, 0.717) is 6.42 Å². The molecule has 0 spiro atoms. The van der Waals surface area contributed by atoms with Crippen molar-refractivity contribution >= 4 is 16.7 Å². The van der Waals surface area contributed by atoms with E-state index >= 15 is 0 Å². The first-order valence-electron chi connectivity index (χ1n) is 5.85. The Hall–Kier alpha value is -2.27. The SMILES string of the molecule is C#CCC(Cc1cccc2ccccc12)C(=O)O. The summed E-state index contributed by atoms with van der Waals surface area (Å²) in [5, 5.41) is 11.4. The number of carbonyl (C=O) groups is 1. The van der Waals surface area contributed by atoms with Crippen molar-refractivity contribution in [1.29, 1.82) is 0 Å². The number of hydrogen-bond acceptors (Lipinski definition) is 1. The van der Waals surface area contributed by atoms with E-state index in [1.54, 1.807) is 0 Å². The predicted octanol–water partition coefficient (Wildman–Crippen LogP) is 3.11. The summed E-state index contributed by atoms with van der Waals surface area (Å²) in [6.45, 7) is 0. The second-order valence-electron chi connectivity index (χ2n) is 4.29. The third-order valence-corrected chi connectivity index (χ3v) is 3.06. The van der Waals surface area contributed by atoms with Crippen LogP contribution < -0.4 is 0 Å². The number of carboxylic acid groups (broad SMARTS) is 1. The largest absolute Gasteiger partial charge is 0.481 e. The predicted molar refractivity (Wildman–Crippen MR) is 72.2 cm³/mol. The highest BCUT2D eigenvalue weighted by Crippen LogP contribution is 2.22. The molecule has 0 aliphatic rings. The molecule has 0 amide bonds. The van der Waals surface area contributed by atoms with Gasteiger partial charge in [0.1, 0.15) is 0 Å². The van der Waals surface area contributed by atoms with Gasteiger partial charge < -0.3 is 5.11 Å². The molecule has 2 heteroatoms. The molecule has 0 heterocycles. The Morgan fingerprint density at radius 3 is 2.67 bits per heavy atom. The van der Waals surface area contributed by atoms with E-state index in [4.69, 9.17) is 11.5 Å². The number of hydrogen-bond donors (Lipinski definition) is 1. The van der Waals surface area contributed by atoms with Gasteiger partial charge in [0, 0.05) is 6.42 Å². The molecule has 1 N–H and O–H groups in total. The molecule has 0 aliphatic heterocycles. The molecule has 1 atom stereocenters. The summed E-state index contributed by atoms with van der Waals surface area (Å²) in [7, 11) is 0. The van der Waals surface area contributed by atoms with Crippen molar-refractivity contribution < 1.29 is 9.90 Å². The van der Waals surface area contributed by atoms with Crippen molar-refractivity contribution in [3.8, 4) is 12.3 Å². The fraction of sp³-hybridized carbons (Fsp3) is 0.188. The first-order chi connectivity index (χ1) is 8.72. The Labute approximate surface area is 106 Å². The van der Waals surface area contributed by atoms with Crippen molar-refractivity contribution in [2.45, 2.75) is 12.8 Å².